The molecule has 5 heteroatoms. The molecule has 0 radical (unpaired) electrons. The topological polar surface area (TPSA) is 57.5 Å². The van der Waals surface area contributed by atoms with Crippen LogP contribution in [0.4, 0.5) is 8.78 Å². The summed E-state index contributed by atoms with van der Waals surface area (Å²) in [5.74, 6) is -1.14. The van der Waals surface area contributed by atoms with Crippen molar-refractivity contribution in [3.63, 3.8) is 0 Å². The summed E-state index contributed by atoms with van der Waals surface area (Å²) in [6.07, 6.45) is -4.73. The third kappa shape index (κ3) is 2.26. The number of carboxylic acid groups (broad SMARTS) is 1. The van der Waals surface area contributed by atoms with Gasteiger partial charge in [-0.2, -0.15) is 0 Å². The van der Waals surface area contributed by atoms with Crippen molar-refractivity contribution < 1.29 is 23.8 Å². The molecule has 0 aliphatic rings. The molecule has 1 atom stereocenters. The van der Waals surface area contributed by atoms with Crippen LogP contribution in [0.2, 0.25) is 0 Å². The van der Waals surface area contributed by atoms with E-state index in [-0.39, 0.29) is 11.1 Å². The van der Waals surface area contributed by atoms with Crippen molar-refractivity contribution in [2.24, 2.45) is 0 Å². The zero-order valence-corrected chi connectivity index (χ0v) is 7.02. The molecule has 1 unspecified atom stereocenters. The number of benzene rings is 1. The van der Waals surface area contributed by atoms with Crippen LogP contribution in [0.25, 0.3) is 0 Å². The minimum atomic E-state index is -2.87. The van der Waals surface area contributed by atoms with E-state index in [1.165, 1.54) is 24.3 Å². The summed E-state index contributed by atoms with van der Waals surface area (Å²) in [6, 6.07) is 4.67. The van der Waals surface area contributed by atoms with Gasteiger partial charge in [0, 0.05) is 0 Å². The standard InChI is InChI=1S/C9H8F2O3/c10-8(11)7(12)5-1-3-6(4-2-5)9(13)14/h1-4,7-8,12H,(H,13,14). The van der Waals surface area contributed by atoms with Crippen LogP contribution in [0.3, 0.4) is 0 Å². The largest absolute Gasteiger partial charge is 0.478 e. The van der Waals surface area contributed by atoms with Gasteiger partial charge in [0.15, 0.2) is 0 Å². The molecule has 0 aliphatic carbocycles. The molecule has 0 spiro atoms. The molecule has 1 rings (SSSR count). The molecule has 0 saturated heterocycles. The molecule has 0 fully saturated rings. The fraction of sp³-hybridized carbons (Fsp3) is 0.222. The monoisotopic (exact) mass is 202 g/mol. The number of aliphatic hydroxyl groups is 1. The molecule has 0 amide bonds. The predicted octanol–water partition coefficient (Wildman–Crippen LogP) is 1.68. The van der Waals surface area contributed by atoms with Crippen LogP contribution in [-0.4, -0.2) is 22.6 Å². The molecule has 3 nitrogen and oxygen atoms in total. The third-order valence-corrected chi connectivity index (χ3v) is 1.74. The van der Waals surface area contributed by atoms with Gasteiger partial charge in [-0.1, -0.05) is 12.1 Å². The Kier molecular flexibility index (Phi) is 3.14. The van der Waals surface area contributed by atoms with E-state index < -0.39 is 18.5 Å². The number of hydrogen-bond acceptors (Lipinski definition) is 2. The van der Waals surface area contributed by atoms with Crippen molar-refractivity contribution in [3.05, 3.63) is 35.4 Å². The maximum absolute atomic E-state index is 12.0. The molecular weight excluding hydrogens is 194 g/mol. The van der Waals surface area contributed by atoms with Gasteiger partial charge in [-0.15, -0.1) is 0 Å². The van der Waals surface area contributed by atoms with Gasteiger partial charge < -0.3 is 10.2 Å². The van der Waals surface area contributed by atoms with Crippen LogP contribution in [0.1, 0.15) is 22.0 Å². The minimum Gasteiger partial charge on any atom is -0.478 e. The second kappa shape index (κ2) is 4.15. The van der Waals surface area contributed by atoms with Crippen molar-refractivity contribution in [1.82, 2.24) is 0 Å². The van der Waals surface area contributed by atoms with E-state index in [0.29, 0.717) is 0 Å². The first-order chi connectivity index (χ1) is 6.52. The quantitative estimate of drug-likeness (QED) is 0.784. The summed E-state index contributed by atoms with van der Waals surface area (Å²) in [6.45, 7) is 0. The molecule has 1 aromatic rings. The molecule has 0 aliphatic heterocycles. The summed E-state index contributed by atoms with van der Waals surface area (Å²) < 4.78 is 24.0. The Balaban J connectivity index is 2.88. The van der Waals surface area contributed by atoms with Gasteiger partial charge in [0.1, 0.15) is 6.10 Å². The molecule has 14 heavy (non-hydrogen) atoms. The van der Waals surface area contributed by atoms with Crippen molar-refractivity contribution in [1.29, 1.82) is 0 Å². The first-order valence-corrected chi connectivity index (χ1v) is 3.82. The molecule has 1 aromatic carbocycles. The van der Waals surface area contributed by atoms with Crippen molar-refractivity contribution >= 4 is 5.97 Å². The van der Waals surface area contributed by atoms with Crippen LogP contribution in [0, 0.1) is 0 Å². The van der Waals surface area contributed by atoms with Crippen LogP contribution in [0.15, 0.2) is 24.3 Å². The zero-order chi connectivity index (χ0) is 10.7. The Morgan fingerprint density at radius 2 is 1.71 bits per heavy atom. The van der Waals surface area contributed by atoms with Crippen molar-refractivity contribution in [2.75, 3.05) is 0 Å². The van der Waals surface area contributed by atoms with E-state index in [1.807, 2.05) is 0 Å². The van der Waals surface area contributed by atoms with Crippen LogP contribution in [-0.2, 0) is 0 Å². The van der Waals surface area contributed by atoms with Crippen LogP contribution < -0.4 is 0 Å². The van der Waals surface area contributed by atoms with E-state index in [2.05, 4.69) is 0 Å². The molecule has 2 N–H and O–H groups in total. The van der Waals surface area contributed by atoms with Gasteiger partial charge in [-0.05, 0) is 17.7 Å². The van der Waals surface area contributed by atoms with Gasteiger partial charge in [0.2, 0.25) is 0 Å². The lowest BCUT2D eigenvalue weighted by Crippen LogP contribution is -2.08. The van der Waals surface area contributed by atoms with E-state index in [4.69, 9.17) is 10.2 Å². The highest BCUT2D eigenvalue weighted by Gasteiger charge is 2.18. The highest BCUT2D eigenvalue weighted by molar-refractivity contribution is 5.87. The molecular formula is C9H8F2O3. The molecule has 76 valence electrons. The molecule has 0 bridgehead atoms. The smallest absolute Gasteiger partial charge is 0.335 e. The van der Waals surface area contributed by atoms with E-state index in [1.54, 1.807) is 0 Å². The zero-order valence-electron chi connectivity index (χ0n) is 7.02. The normalized spacial score (nSPS) is 12.9. The molecule has 0 saturated carbocycles. The van der Waals surface area contributed by atoms with Crippen LogP contribution in [0.5, 0.6) is 0 Å². The Hall–Kier alpha value is -1.49. The van der Waals surface area contributed by atoms with E-state index >= 15 is 0 Å². The number of alkyl halides is 2. The predicted molar refractivity (Wildman–Crippen MR) is 44.4 cm³/mol. The van der Waals surface area contributed by atoms with Crippen molar-refractivity contribution in [3.8, 4) is 0 Å². The lowest BCUT2D eigenvalue weighted by Gasteiger charge is -2.09. The number of carbonyl (C=O) groups is 1. The van der Waals surface area contributed by atoms with Gasteiger partial charge in [-0.3, -0.25) is 0 Å². The summed E-state index contributed by atoms with van der Waals surface area (Å²) in [5, 5.41) is 17.4. The van der Waals surface area contributed by atoms with Gasteiger partial charge in [0.05, 0.1) is 5.56 Å². The Morgan fingerprint density at radius 3 is 2.07 bits per heavy atom. The van der Waals surface area contributed by atoms with Gasteiger partial charge in [-0.25, -0.2) is 13.6 Å². The summed E-state index contributed by atoms with van der Waals surface area (Å²) in [5.41, 5.74) is 0.000200. The average Bonchev–Trinajstić information content (AvgIpc) is 2.16. The highest BCUT2D eigenvalue weighted by atomic mass is 19.3. The second-order valence-corrected chi connectivity index (χ2v) is 2.71. The van der Waals surface area contributed by atoms with Crippen molar-refractivity contribution in [2.45, 2.75) is 12.5 Å². The molecule has 0 aromatic heterocycles. The van der Waals surface area contributed by atoms with Crippen LogP contribution >= 0.6 is 0 Å². The number of rotatable bonds is 3. The Bertz CT molecular complexity index is 321. The first-order valence-electron chi connectivity index (χ1n) is 3.82. The van der Waals surface area contributed by atoms with E-state index in [9.17, 15) is 13.6 Å². The minimum absolute atomic E-state index is 0.00443. The fourth-order valence-electron chi connectivity index (χ4n) is 0.968. The Morgan fingerprint density at radius 1 is 1.21 bits per heavy atom. The van der Waals surface area contributed by atoms with Gasteiger partial charge >= 0.3 is 5.97 Å². The summed E-state index contributed by atoms with van der Waals surface area (Å²) in [7, 11) is 0. The summed E-state index contributed by atoms with van der Waals surface area (Å²) in [4.78, 5) is 10.4. The van der Waals surface area contributed by atoms with E-state index in [0.717, 1.165) is 0 Å². The fourth-order valence-corrected chi connectivity index (χ4v) is 0.968. The Labute approximate surface area is 78.6 Å². The average molecular weight is 202 g/mol. The number of aromatic carboxylic acids is 1. The van der Waals surface area contributed by atoms with Gasteiger partial charge in [0.25, 0.3) is 6.43 Å². The summed E-state index contributed by atoms with van der Waals surface area (Å²) >= 11 is 0. The number of carboxylic acids is 1. The lowest BCUT2D eigenvalue weighted by atomic mass is 10.1. The first kappa shape index (κ1) is 10.6. The lowest BCUT2D eigenvalue weighted by molar-refractivity contribution is -0.00578. The highest BCUT2D eigenvalue weighted by Crippen LogP contribution is 2.20. The number of halogens is 2. The SMILES string of the molecule is O=C(O)c1ccc(C(O)C(F)F)cc1. The number of aliphatic hydroxyl groups excluding tert-OH is 1. The maximum atomic E-state index is 12.0. The number of hydrogen-bond donors (Lipinski definition) is 2. The molecule has 0 heterocycles. The second-order valence-electron chi connectivity index (χ2n) is 2.71. The maximum Gasteiger partial charge on any atom is 0.335 e. The third-order valence-electron chi connectivity index (χ3n) is 1.74.